The molecule has 6 heavy (non-hydrogen) atoms. The Morgan fingerprint density at radius 1 is 2.00 bits per heavy atom. The van der Waals surface area contributed by atoms with Gasteiger partial charge in [0.15, 0.2) is 4.88 Å². The van der Waals surface area contributed by atoms with Gasteiger partial charge in [-0.1, -0.05) is 0 Å². The van der Waals surface area contributed by atoms with Gasteiger partial charge in [0.2, 0.25) is 0 Å². The average Bonchev–Trinajstić information content (AvgIpc) is 1.35. The molecule has 0 aromatic heterocycles. The lowest BCUT2D eigenvalue weighted by molar-refractivity contribution is 0.589. The van der Waals surface area contributed by atoms with Gasteiger partial charge in [0, 0.05) is 10.4 Å². The third kappa shape index (κ3) is 3.37. The number of nitrogens with two attached hydrogens (primary N) is 1. The fraction of sp³-hybridized carbons (Fsp3) is 0. The smallest absolute Gasteiger partial charge is 0.109 e. The van der Waals surface area contributed by atoms with E-state index in [1.54, 1.807) is 0 Å². The molecule has 0 saturated heterocycles. The minimum atomic E-state index is -2.14. The molecule has 0 amide bonds. The van der Waals surface area contributed by atoms with Crippen LogP contribution in [0.1, 0.15) is 0 Å². The second-order valence-corrected chi connectivity index (χ2v) is 1.27. The molecule has 0 fully saturated rings. The molecule has 0 aliphatic heterocycles. The summed E-state index contributed by atoms with van der Waals surface area (Å²) >= 11 is 0. The summed E-state index contributed by atoms with van der Waals surface area (Å²) in [6, 6.07) is 0. The summed E-state index contributed by atoms with van der Waals surface area (Å²) in [5.41, 5.74) is 11.9. The highest BCUT2D eigenvalue weighted by Gasteiger charge is 1.97. The third-order valence-electron chi connectivity index (χ3n) is 0.128. The van der Waals surface area contributed by atoms with Gasteiger partial charge in [-0.2, -0.15) is 0 Å². The molecule has 0 saturated carbocycles. The van der Waals surface area contributed by atoms with Crippen LogP contribution >= 0.6 is 8.10 Å². The first kappa shape index (κ1) is 5.37. The molecule has 1 atom stereocenters. The van der Waals surface area contributed by atoms with Gasteiger partial charge in [-0.3, -0.25) is 0 Å². The van der Waals surface area contributed by atoms with Crippen molar-refractivity contribution in [2.75, 3.05) is 0 Å². The minimum Gasteiger partial charge on any atom is -0.109 e. The van der Waals surface area contributed by atoms with E-state index >= 15 is 0 Å². The molecule has 0 rings (SSSR count). The van der Waals surface area contributed by atoms with Gasteiger partial charge in [0.1, 0.15) is 0 Å². The molecule has 0 radical (unpaired) electrons. The van der Waals surface area contributed by atoms with Crippen LogP contribution in [0, 0.1) is 0 Å². The number of nitrogens with zero attached hydrogens (tertiary/aromatic N) is 3. The second kappa shape index (κ2) is 2.60. The molecule has 5 nitrogen and oxygen atoms in total. The van der Waals surface area contributed by atoms with Gasteiger partial charge >= 0.3 is 8.10 Å². The normalized spacial score (nSPS) is 9.17. The summed E-state index contributed by atoms with van der Waals surface area (Å²) in [7, 11) is -2.14. The summed E-state index contributed by atoms with van der Waals surface area (Å²) in [5, 5.41) is 0. The molecule has 0 aliphatic carbocycles. The first-order valence-corrected chi connectivity index (χ1v) is 2.32. The van der Waals surface area contributed by atoms with Crippen LogP contribution in [0.15, 0.2) is 4.88 Å². The zero-order chi connectivity index (χ0) is 4.99. The summed E-state index contributed by atoms with van der Waals surface area (Å²) in [5.74, 6) is 0. The largest absolute Gasteiger partial charge is 0.555 e. The maximum Gasteiger partial charge on any atom is 0.555 e. The van der Waals surface area contributed by atoms with E-state index in [1.807, 2.05) is 0 Å². The Hall–Kier alpha value is -0.630. The van der Waals surface area contributed by atoms with E-state index in [9.17, 15) is 4.57 Å². The molecule has 0 aromatic carbocycles. The molecule has 0 aromatic rings. The van der Waals surface area contributed by atoms with Crippen molar-refractivity contribution < 1.29 is 4.57 Å². The number of azide groups is 1. The van der Waals surface area contributed by atoms with Crippen molar-refractivity contribution in [3.8, 4) is 0 Å². The molecule has 6 heteroatoms. The minimum absolute atomic E-state index is 2.14. The lowest BCUT2D eigenvalue weighted by Crippen LogP contribution is -1.66. The highest BCUT2D eigenvalue weighted by atomic mass is 31.1. The van der Waals surface area contributed by atoms with Gasteiger partial charge in [0.25, 0.3) is 0 Å². The first-order valence-electron chi connectivity index (χ1n) is 1.04. The van der Waals surface area contributed by atoms with Crippen LogP contribution in [-0.4, -0.2) is 0 Å². The Morgan fingerprint density at radius 2 is 2.50 bits per heavy atom. The van der Waals surface area contributed by atoms with Crippen molar-refractivity contribution in [3.05, 3.63) is 10.4 Å². The molecule has 2 N–H and O–H groups in total. The molecule has 0 bridgehead atoms. The highest BCUT2D eigenvalue weighted by molar-refractivity contribution is 7.40. The first-order chi connectivity index (χ1) is 2.77. The van der Waals surface area contributed by atoms with Gasteiger partial charge < -0.3 is 0 Å². The van der Waals surface area contributed by atoms with Crippen molar-refractivity contribution in [1.82, 2.24) is 0 Å². The van der Waals surface area contributed by atoms with Crippen molar-refractivity contribution in [2.24, 2.45) is 10.4 Å². The maximum atomic E-state index is 9.55. The highest BCUT2D eigenvalue weighted by Crippen LogP contribution is 2.06. The average molecular weight is 105 g/mol. The fourth-order valence-electron chi connectivity index (χ4n) is 0.0394. The summed E-state index contributed by atoms with van der Waals surface area (Å²) in [6.45, 7) is 0. The van der Waals surface area contributed by atoms with Gasteiger partial charge in [0.05, 0.1) is 0 Å². The van der Waals surface area contributed by atoms with Crippen molar-refractivity contribution in [3.63, 3.8) is 0 Å². The van der Waals surface area contributed by atoms with Crippen LogP contribution in [0.2, 0.25) is 0 Å². The lowest BCUT2D eigenvalue weighted by atomic mass is 13.0. The van der Waals surface area contributed by atoms with Crippen LogP contribution in [0.3, 0.4) is 0 Å². The summed E-state index contributed by atoms with van der Waals surface area (Å²) in [6.07, 6.45) is 0. The van der Waals surface area contributed by atoms with E-state index in [1.165, 1.54) is 0 Å². The van der Waals surface area contributed by atoms with Crippen LogP contribution in [0.25, 0.3) is 10.4 Å². The van der Waals surface area contributed by atoms with Crippen molar-refractivity contribution in [1.29, 1.82) is 0 Å². The van der Waals surface area contributed by atoms with Crippen LogP contribution < -0.4 is 5.50 Å². The predicted molar refractivity (Wildman–Crippen MR) is 20.9 cm³/mol. The number of rotatable bonds is 1. The van der Waals surface area contributed by atoms with Crippen molar-refractivity contribution >= 4 is 8.10 Å². The van der Waals surface area contributed by atoms with Gasteiger partial charge in [-0.15, -0.1) is 5.50 Å². The van der Waals surface area contributed by atoms with E-state index in [0.29, 0.717) is 0 Å². The molecular weight excluding hydrogens is 103 g/mol. The van der Waals surface area contributed by atoms with E-state index in [-0.39, 0.29) is 0 Å². The monoisotopic (exact) mass is 105 g/mol. The Morgan fingerprint density at radius 3 is 2.50 bits per heavy atom. The number of hydrogen-bond donors (Lipinski definition) is 1. The van der Waals surface area contributed by atoms with Crippen LogP contribution in [-0.2, 0) is 4.57 Å². The molecule has 0 spiro atoms. The van der Waals surface area contributed by atoms with Gasteiger partial charge in [-0.25, -0.2) is 0 Å². The van der Waals surface area contributed by atoms with E-state index in [4.69, 9.17) is 5.53 Å². The molecule has 0 heterocycles. The van der Waals surface area contributed by atoms with Crippen LogP contribution in [0.5, 0.6) is 0 Å². The Kier molecular flexibility index (Phi) is 2.33. The predicted octanol–water partition coefficient (Wildman–Crippen LogP) is 0.913. The third-order valence-corrected chi connectivity index (χ3v) is 0.384. The quantitative estimate of drug-likeness (QED) is 0.232. The van der Waals surface area contributed by atoms with E-state index in [2.05, 4.69) is 15.3 Å². The zero-order valence-electron chi connectivity index (χ0n) is 2.77. The Balaban J connectivity index is 3.60. The molecule has 1 unspecified atom stereocenters. The molecule has 32 valence electrons. The number of hydrogen-bond acceptors (Lipinski definition) is 1. The lowest BCUT2D eigenvalue weighted by Gasteiger charge is -1.42. The maximum absolute atomic E-state index is 9.55. The van der Waals surface area contributed by atoms with Gasteiger partial charge in [-0.05, 0) is 4.57 Å². The molecular formula is H2N4OP+. The van der Waals surface area contributed by atoms with E-state index in [0.717, 1.165) is 0 Å². The Labute approximate surface area is 34.7 Å². The summed E-state index contributed by atoms with van der Waals surface area (Å²) < 4.78 is 9.55. The SMILES string of the molecule is [N-]=[N+]=N[P+](N)=O. The van der Waals surface area contributed by atoms with Crippen molar-refractivity contribution in [2.45, 2.75) is 0 Å². The Bertz CT molecular complexity index is 100. The standard InChI is InChI=1S/H2N4OP/c1-3-4-6(2)5/h(H2,2,5)/q+1. The van der Waals surface area contributed by atoms with E-state index < -0.39 is 8.10 Å². The molecule has 0 aliphatic rings. The fourth-order valence-corrected chi connectivity index (χ4v) is 0.118. The van der Waals surface area contributed by atoms with Crippen LogP contribution in [0.4, 0.5) is 0 Å². The zero-order valence-corrected chi connectivity index (χ0v) is 3.67. The second-order valence-electron chi connectivity index (χ2n) is 0.481. The topological polar surface area (TPSA) is 91.8 Å². The summed E-state index contributed by atoms with van der Waals surface area (Å²) in [4.78, 5) is 4.74.